The van der Waals surface area contributed by atoms with Gasteiger partial charge in [0.25, 0.3) is 0 Å². The molecule has 0 saturated carbocycles. The summed E-state index contributed by atoms with van der Waals surface area (Å²) in [6, 6.07) is 0. The molecule has 1 atom stereocenters. The second kappa shape index (κ2) is 4.46. The van der Waals surface area contributed by atoms with Crippen molar-refractivity contribution in [3.63, 3.8) is 0 Å². The standard InChI is InChI=1S/C11H13ClN4O2/c1-6-7(2)16-10(8-5-17-3-4-18-8)14-15-11(16)9(12)13-6/h8H,3-5H2,1-2H3. The lowest BCUT2D eigenvalue weighted by atomic mass is 10.3. The first-order chi connectivity index (χ1) is 8.68. The van der Waals surface area contributed by atoms with Gasteiger partial charge in [0.05, 0.1) is 25.5 Å². The summed E-state index contributed by atoms with van der Waals surface area (Å²) in [4.78, 5) is 4.23. The Hall–Kier alpha value is -1.24. The fraction of sp³-hybridized carbons (Fsp3) is 0.545. The maximum Gasteiger partial charge on any atom is 0.198 e. The Balaban J connectivity index is 2.18. The number of ether oxygens (including phenoxy) is 2. The van der Waals surface area contributed by atoms with Gasteiger partial charge in [-0.1, -0.05) is 11.6 Å². The third kappa shape index (κ3) is 1.77. The topological polar surface area (TPSA) is 61.5 Å². The molecular weight excluding hydrogens is 256 g/mol. The molecule has 3 heterocycles. The molecule has 2 aromatic heterocycles. The van der Waals surface area contributed by atoms with Crippen LogP contribution in [0.4, 0.5) is 0 Å². The summed E-state index contributed by atoms with van der Waals surface area (Å²) in [5.74, 6) is 0.717. The van der Waals surface area contributed by atoms with E-state index in [1.165, 1.54) is 0 Å². The molecule has 0 bridgehead atoms. The van der Waals surface area contributed by atoms with Crippen LogP contribution in [-0.2, 0) is 9.47 Å². The van der Waals surface area contributed by atoms with Crippen molar-refractivity contribution in [3.05, 3.63) is 22.4 Å². The largest absolute Gasteiger partial charge is 0.376 e. The van der Waals surface area contributed by atoms with E-state index in [9.17, 15) is 0 Å². The van der Waals surface area contributed by atoms with Crippen LogP contribution in [0.15, 0.2) is 0 Å². The first kappa shape index (κ1) is 11.8. The molecular formula is C11H13ClN4O2. The van der Waals surface area contributed by atoms with Crippen molar-refractivity contribution in [2.75, 3.05) is 19.8 Å². The molecule has 1 saturated heterocycles. The smallest absolute Gasteiger partial charge is 0.198 e. The van der Waals surface area contributed by atoms with Crippen LogP contribution in [0.25, 0.3) is 5.65 Å². The maximum atomic E-state index is 6.08. The van der Waals surface area contributed by atoms with Crippen molar-refractivity contribution in [1.82, 2.24) is 19.6 Å². The zero-order valence-corrected chi connectivity index (χ0v) is 10.9. The molecule has 0 radical (unpaired) electrons. The van der Waals surface area contributed by atoms with E-state index in [2.05, 4.69) is 15.2 Å². The second-order valence-electron chi connectivity index (χ2n) is 4.22. The first-order valence-corrected chi connectivity index (χ1v) is 6.13. The molecule has 7 heteroatoms. The molecule has 0 aromatic carbocycles. The molecule has 18 heavy (non-hydrogen) atoms. The van der Waals surface area contributed by atoms with E-state index in [1.54, 1.807) is 0 Å². The molecule has 0 N–H and O–H groups in total. The van der Waals surface area contributed by atoms with Crippen LogP contribution in [0.1, 0.15) is 23.3 Å². The summed E-state index contributed by atoms with van der Waals surface area (Å²) in [5.41, 5.74) is 2.37. The summed E-state index contributed by atoms with van der Waals surface area (Å²) in [5, 5.41) is 8.60. The highest BCUT2D eigenvalue weighted by molar-refractivity contribution is 6.32. The van der Waals surface area contributed by atoms with Crippen molar-refractivity contribution < 1.29 is 9.47 Å². The van der Waals surface area contributed by atoms with E-state index < -0.39 is 0 Å². The van der Waals surface area contributed by atoms with Gasteiger partial charge in [0.15, 0.2) is 16.6 Å². The molecule has 0 spiro atoms. The second-order valence-corrected chi connectivity index (χ2v) is 4.58. The van der Waals surface area contributed by atoms with Gasteiger partial charge in [0, 0.05) is 5.69 Å². The SMILES string of the molecule is Cc1nc(Cl)c2nnc(C3COCCO3)n2c1C. The highest BCUT2D eigenvalue weighted by Gasteiger charge is 2.24. The van der Waals surface area contributed by atoms with Crippen LogP contribution in [0.2, 0.25) is 5.15 Å². The Bertz CT molecular complexity index is 592. The number of nitrogens with zero attached hydrogens (tertiary/aromatic N) is 4. The molecule has 3 rings (SSSR count). The summed E-state index contributed by atoms with van der Waals surface area (Å²) < 4.78 is 12.9. The fourth-order valence-electron chi connectivity index (χ4n) is 2.05. The molecule has 6 nitrogen and oxygen atoms in total. The molecule has 0 aliphatic carbocycles. The van der Waals surface area contributed by atoms with E-state index in [-0.39, 0.29) is 6.10 Å². The maximum absolute atomic E-state index is 6.08. The lowest BCUT2D eigenvalue weighted by Crippen LogP contribution is -2.24. The summed E-state index contributed by atoms with van der Waals surface area (Å²) in [6.45, 7) is 5.54. The summed E-state index contributed by atoms with van der Waals surface area (Å²) in [6.07, 6.45) is -0.203. The van der Waals surface area contributed by atoms with Crippen molar-refractivity contribution in [2.24, 2.45) is 0 Å². The molecule has 1 aliphatic rings. The third-order valence-electron chi connectivity index (χ3n) is 3.10. The summed E-state index contributed by atoms with van der Waals surface area (Å²) >= 11 is 6.08. The third-order valence-corrected chi connectivity index (χ3v) is 3.35. The number of hydrogen-bond donors (Lipinski definition) is 0. The number of hydrogen-bond acceptors (Lipinski definition) is 5. The predicted molar refractivity (Wildman–Crippen MR) is 64.8 cm³/mol. The van der Waals surface area contributed by atoms with Gasteiger partial charge in [-0.25, -0.2) is 4.98 Å². The van der Waals surface area contributed by atoms with E-state index in [0.717, 1.165) is 17.2 Å². The quantitative estimate of drug-likeness (QED) is 0.784. The highest BCUT2D eigenvalue weighted by Crippen LogP contribution is 2.24. The zero-order valence-electron chi connectivity index (χ0n) is 10.2. The zero-order chi connectivity index (χ0) is 12.7. The average Bonchev–Trinajstić information content (AvgIpc) is 2.82. The van der Waals surface area contributed by atoms with E-state index in [4.69, 9.17) is 21.1 Å². The molecule has 1 fully saturated rings. The van der Waals surface area contributed by atoms with Gasteiger partial charge in [-0.05, 0) is 13.8 Å². The predicted octanol–water partition coefficient (Wildman–Crippen LogP) is 1.48. The Morgan fingerprint density at radius 1 is 1.28 bits per heavy atom. The molecule has 1 aliphatic heterocycles. The highest BCUT2D eigenvalue weighted by atomic mass is 35.5. The van der Waals surface area contributed by atoms with Crippen molar-refractivity contribution in [3.8, 4) is 0 Å². The van der Waals surface area contributed by atoms with Crippen molar-refractivity contribution in [1.29, 1.82) is 0 Å². The molecule has 96 valence electrons. The van der Waals surface area contributed by atoms with Gasteiger partial charge in [0.1, 0.15) is 6.10 Å². The first-order valence-electron chi connectivity index (χ1n) is 5.75. The minimum absolute atomic E-state index is 0.203. The number of rotatable bonds is 1. The lowest BCUT2D eigenvalue weighted by Gasteiger charge is -2.22. The number of halogens is 1. The van der Waals surface area contributed by atoms with Gasteiger partial charge in [0.2, 0.25) is 0 Å². The normalized spacial score (nSPS) is 20.5. The van der Waals surface area contributed by atoms with E-state index >= 15 is 0 Å². The Morgan fingerprint density at radius 3 is 2.83 bits per heavy atom. The molecule has 0 amide bonds. The van der Waals surface area contributed by atoms with E-state index in [0.29, 0.717) is 30.6 Å². The lowest BCUT2D eigenvalue weighted by molar-refractivity contribution is -0.0939. The molecule has 2 aromatic rings. The van der Waals surface area contributed by atoms with Gasteiger partial charge in [-0.15, -0.1) is 10.2 Å². The van der Waals surface area contributed by atoms with Crippen LogP contribution in [0.5, 0.6) is 0 Å². The number of aryl methyl sites for hydroxylation is 2. The Labute approximate surface area is 109 Å². The van der Waals surface area contributed by atoms with Crippen LogP contribution in [0.3, 0.4) is 0 Å². The van der Waals surface area contributed by atoms with Crippen LogP contribution < -0.4 is 0 Å². The van der Waals surface area contributed by atoms with Gasteiger partial charge < -0.3 is 9.47 Å². The monoisotopic (exact) mass is 268 g/mol. The van der Waals surface area contributed by atoms with Gasteiger partial charge in [-0.3, -0.25) is 4.40 Å². The number of aromatic nitrogens is 4. The molecule has 1 unspecified atom stereocenters. The van der Waals surface area contributed by atoms with Crippen molar-refractivity contribution in [2.45, 2.75) is 20.0 Å². The Morgan fingerprint density at radius 2 is 2.11 bits per heavy atom. The minimum Gasteiger partial charge on any atom is -0.376 e. The van der Waals surface area contributed by atoms with E-state index in [1.807, 2.05) is 18.2 Å². The average molecular weight is 269 g/mol. The summed E-state index contributed by atoms with van der Waals surface area (Å²) in [7, 11) is 0. The Kier molecular flexibility index (Phi) is 2.93. The van der Waals surface area contributed by atoms with Crippen molar-refractivity contribution >= 4 is 17.2 Å². The van der Waals surface area contributed by atoms with Gasteiger partial charge >= 0.3 is 0 Å². The van der Waals surface area contributed by atoms with Gasteiger partial charge in [-0.2, -0.15) is 0 Å². The number of fused-ring (bicyclic) bond motifs is 1. The fourth-order valence-corrected chi connectivity index (χ4v) is 2.29. The van der Waals surface area contributed by atoms with Crippen LogP contribution in [-0.4, -0.2) is 39.4 Å². The van der Waals surface area contributed by atoms with Crippen LogP contribution >= 0.6 is 11.6 Å². The minimum atomic E-state index is -0.203. The van der Waals surface area contributed by atoms with Crippen LogP contribution in [0, 0.1) is 13.8 Å².